The minimum absolute atomic E-state index is 0.747. The molecule has 0 bridgehead atoms. The van der Waals surface area contributed by atoms with E-state index >= 15 is 0 Å². The van der Waals surface area contributed by atoms with Gasteiger partial charge in [-0.1, -0.05) is 18.2 Å². The van der Waals surface area contributed by atoms with Crippen molar-refractivity contribution in [2.75, 3.05) is 32.7 Å². The average Bonchev–Trinajstić information content (AvgIpc) is 2.62. The lowest BCUT2D eigenvalue weighted by atomic mass is 10.1. The van der Waals surface area contributed by atoms with Crippen LogP contribution in [0.2, 0.25) is 0 Å². The quantitative estimate of drug-likeness (QED) is 0.850. The van der Waals surface area contributed by atoms with Gasteiger partial charge in [-0.3, -0.25) is 9.88 Å². The highest BCUT2D eigenvalue weighted by Gasteiger charge is 2.16. The second-order valence-electron chi connectivity index (χ2n) is 6.00. The molecule has 0 unspecified atom stereocenters. The summed E-state index contributed by atoms with van der Waals surface area (Å²) in [5.74, 6) is 0. The van der Waals surface area contributed by atoms with Crippen LogP contribution in [0.3, 0.4) is 0 Å². The van der Waals surface area contributed by atoms with Crippen LogP contribution in [0.25, 0.3) is 0 Å². The highest BCUT2D eigenvalue weighted by atomic mass is 15.3. The fraction of sp³-hybridized carbons (Fsp3) is 0.368. The molecule has 2 aromatic rings. The first-order valence-electron chi connectivity index (χ1n) is 8.17. The summed E-state index contributed by atoms with van der Waals surface area (Å²) < 4.78 is 0. The van der Waals surface area contributed by atoms with Crippen molar-refractivity contribution in [3.63, 3.8) is 0 Å². The Bertz CT molecular complexity index is 655. The van der Waals surface area contributed by atoms with Gasteiger partial charge in [-0.25, -0.2) is 0 Å². The van der Waals surface area contributed by atoms with Crippen molar-refractivity contribution in [2.24, 2.45) is 0 Å². The van der Waals surface area contributed by atoms with E-state index < -0.39 is 0 Å². The monoisotopic (exact) mass is 306 g/mol. The Balaban J connectivity index is 1.44. The van der Waals surface area contributed by atoms with Gasteiger partial charge in [0.15, 0.2) is 0 Å². The first-order chi connectivity index (χ1) is 11.3. The van der Waals surface area contributed by atoms with Gasteiger partial charge in [0, 0.05) is 57.6 Å². The molecule has 0 amide bonds. The molecule has 1 aliphatic rings. The third kappa shape index (κ3) is 4.62. The van der Waals surface area contributed by atoms with Gasteiger partial charge in [-0.2, -0.15) is 5.26 Å². The normalized spacial score (nSPS) is 16.1. The Hall–Kier alpha value is -2.22. The van der Waals surface area contributed by atoms with Crippen LogP contribution in [0.15, 0.2) is 48.7 Å². The number of hydrogen-bond donors (Lipinski definition) is 0. The molecular weight excluding hydrogens is 284 g/mol. The molecule has 1 saturated heterocycles. The van der Waals surface area contributed by atoms with Gasteiger partial charge >= 0.3 is 0 Å². The predicted molar refractivity (Wildman–Crippen MR) is 90.8 cm³/mol. The maximum atomic E-state index is 8.98. The van der Waals surface area contributed by atoms with E-state index in [1.165, 1.54) is 11.3 Å². The summed E-state index contributed by atoms with van der Waals surface area (Å²) in [4.78, 5) is 9.36. The molecule has 4 heteroatoms. The van der Waals surface area contributed by atoms with Crippen LogP contribution in [0.1, 0.15) is 16.8 Å². The van der Waals surface area contributed by atoms with E-state index in [2.05, 4.69) is 39.1 Å². The van der Waals surface area contributed by atoms with Crippen LogP contribution >= 0.6 is 0 Å². The molecule has 2 heterocycles. The fourth-order valence-corrected chi connectivity index (χ4v) is 2.99. The summed E-state index contributed by atoms with van der Waals surface area (Å²) in [7, 11) is 0. The molecule has 1 aromatic carbocycles. The minimum Gasteiger partial charge on any atom is -0.300 e. The molecule has 4 nitrogen and oxygen atoms in total. The van der Waals surface area contributed by atoms with Crippen molar-refractivity contribution in [3.8, 4) is 6.07 Å². The molecule has 3 rings (SSSR count). The van der Waals surface area contributed by atoms with Gasteiger partial charge in [-0.15, -0.1) is 0 Å². The molecule has 23 heavy (non-hydrogen) atoms. The van der Waals surface area contributed by atoms with Crippen LogP contribution in [0.4, 0.5) is 0 Å². The summed E-state index contributed by atoms with van der Waals surface area (Å²) in [6.45, 7) is 6.38. The number of nitrogens with zero attached hydrogens (tertiary/aromatic N) is 4. The van der Waals surface area contributed by atoms with Gasteiger partial charge in [0.2, 0.25) is 0 Å². The van der Waals surface area contributed by atoms with E-state index in [-0.39, 0.29) is 0 Å². The molecule has 0 radical (unpaired) electrons. The van der Waals surface area contributed by atoms with Crippen LogP contribution in [0.5, 0.6) is 0 Å². The smallest absolute Gasteiger partial charge is 0.0991 e. The zero-order valence-corrected chi connectivity index (χ0v) is 13.4. The third-order valence-electron chi connectivity index (χ3n) is 4.34. The lowest BCUT2D eigenvalue weighted by Gasteiger charge is -2.34. The number of pyridine rings is 1. The summed E-state index contributed by atoms with van der Waals surface area (Å²) in [5, 5.41) is 8.98. The number of benzene rings is 1. The number of aromatic nitrogens is 1. The Labute approximate surface area is 138 Å². The summed E-state index contributed by atoms with van der Waals surface area (Å²) in [6, 6.07) is 16.2. The SMILES string of the molecule is N#Cc1cccc(CN2CCN(CCc3ccccn3)CC2)c1. The molecule has 0 saturated carbocycles. The molecular formula is C19H22N4. The highest BCUT2D eigenvalue weighted by Crippen LogP contribution is 2.11. The molecule has 1 fully saturated rings. The molecule has 0 aliphatic carbocycles. The van der Waals surface area contributed by atoms with Crippen molar-refractivity contribution in [1.82, 2.24) is 14.8 Å². The van der Waals surface area contributed by atoms with Crippen LogP contribution in [-0.2, 0) is 13.0 Å². The Morgan fingerprint density at radius 2 is 1.83 bits per heavy atom. The van der Waals surface area contributed by atoms with E-state index in [9.17, 15) is 0 Å². The Morgan fingerprint density at radius 1 is 1.00 bits per heavy atom. The molecule has 0 N–H and O–H groups in total. The first kappa shape index (κ1) is 15.7. The highest BCUT2D eigenvalue weighted by molar-refractivity contribution is 5.32. The standard InChI is InChI=1S/C19H22N4/c20-15-17-4-3-5-18(14-17)16-23-12-10-22(11-13-23)9-7-19-6-1-2-8-21-19/h1-6,8,14H,7,9-13,16H2. The maximum Gasteiger partial charge on any atom is 0.0991 e. The maximum absolute atomic E-state index is 8.98. The minimum atomic E-state index is 0.747. The number of nitriles is 1. The van der Waals surface area contributed by atoms with Gasteiger partial charge in [0.05, 0.1) is 11.6 Å². The lowest BCUT2D eigenvalue weighted by Crippen LogP contribution is -2.46. The Morgan fingerprint density at radius 3 is 2.57 bits per heavy atom. The van der Waals surface area contributed by atoms with Gasteiger partial charge in [0.25, 0.3) is 0 Å². The molecule has 1 aromatic heterocycles. The zero-order valence-electron chi connectivity index (χ0n) is 13.4. The van der Waals surface area contributed by atoms with Crippen LogP contribution in [-0.4, -0.2) is 47.5 Å². The lowest BCUT2D eigenvalue weighted by molar-refractivity contribution is 0.128. The van der Waals surface area contributed by atoms with Crippen molar-refractivity contribution >= 4 is 0 Å². The topological polar surface area (TPSA) is 43.2 Å². The first-order valence-corrected chi connectivity index (χ1v) is 8.17. The summed E-state index contributed by atoms with van der Waals surface area (Å²) in [5.41, 5.74) is 3.14. The largest absolute Gasteiger partial charge is 0.300 e. The van der Waals surface area contributed by atoms with E-state index in [4.69, 9.17) is 5.26 Å². The molecule has 0 atom stereocenters. The number of hydrogen-bond acceptors (Lipinski definition) is 4. The second-order valence-corrected chi connectivity index (χ2v) is 6.00. The van der Waals surface area contributed by atoms with Crippen molar-refractivity contribution in [2.45, 2.75) is 13.0 Å². The number of piperazine rings is 1. The summed E-state index contributed by atoms with van der Waals surface area (Å²) >= 11 is 0. The second kappa shape index (κ2) is 7.87. The van der Waals surface area contributed by atoms with Crippen molar-refractivity contribution < 1.29 is 0 Å². The number of rotatable bonds is 5. The van der Waals surface area contributed by atoms with Crippen molar-refractivity contribution in [3.05, 3.63) is 65.5 Å². The Kier molecular flexibility index (Phi) is 5.36. The van der Waals surface area contributed by atoms with E-state index in [1.807, 2.05) is 30.5 Å². The molecule has 118 valence electrons. The summed E-state index contributed by atoms with van der Waals surface area (Å²) in [6.07, 6.45) is 2.88. The van der Waals surface area contributed by atoms with E-state index in [0.29, 0.717) is 0 Å². The average molecular weight is 306 g/mol. The van der Waals surface area contributed by atoms with Gasteiger partial charge in [-0.05, 0) is 29.8 Å². The zero-order chi connectivity index (χ0) is 15.9. The molecule has 1 aliphatic heterocycles. The fourth-order valence-electron chi connectivity index (χ4n) is 2.99. The van der Waals surface area contributed by atoms with Crippen LogP contribution in [0, 0.1) is 11.3 Å². The van der Waals surface area contributed by atoms with Gasteiger partial charge < -0.3 is 4.90 Å². The van der Waals surface area contributed by atoms with Gasteiger partial charge in [0.1, 0.15) is 0 Å². The predicted octanol–water partition coefficient (Wildman–Crippen LogP) is 2.31. The van der Waals surface area contributed by atoms with E-state index in [1.54, 1.807) is 0 Å². The third-order valence-corrected chi connectivity index (χ3v) is 4.34. The molecule has 0 spiro atoms. The van der Waals surface area contributed by atoms with E-state index in [0.717, 1.165) is 51.3 Å². The van der Waals surface area contributed by atoms with Crippen molar-refractivity contribution in [1.29, 1.82) is 5.26 Å². The van der Waals surface area contributed by atoms with Crippen LogP contribution < -0.4 is 0 Å².